The van der Waals surface area contributed by atoms with Crippen molar-refractivity contribution < 1.29 is 4.79 Å². The molecule has 0 saturated heterocycles. The van der Waals surface area contributed by atoms with Gasteiger partial charge in [-0.3, -0.25) is 4.57 Å². The summed E-state index contributed by atoms with van der Waals surface area (Å²) in [6.07, 6.45) is 4.66. The second-order valence-electron chi connectivity index (χ2n) is 3.66. The van der Waals surface area contributed by atoms with Crippen molar-refractivity contribution in [1.29, 1.82) is 0 Å². The topological polar surface area (TPSA) is 46.9 Å². The van der Waals surface area contributed by atoms with Gasteiger partial charge < -0.3 is 5.32 Å². The molecule has 1 amide bonds. The Hall–Kier alpha value is -1.62. The fraction of sp³-hybridized carbons (Fsp3) is 0.167. The lowest BCUT2D eigenvalue weighted by Crippen LogP contribution is -2.30. The summed E-state index contributed by atoms with van der Waals surface area (Å²) in [5, 5.41) is 2.89. The van der Waals surface area contributed by atoms with Crippen molar-refractivity contribution in [3.8, 4) is 0 Å². The molecule has 1 N–H and O–H groups in total. The Morgan fingerprint density at radius 3 is 2.88 bits per heavy atom. The van der Waals surface area contributed by atoms with Gasteiger partial charge in [-0.05, 0) is 18.6 Å². The number of nitrogens with zero attached hydrogens (tertiary/aromatic N) is 2. The van der Waals surface area contributed by atoms with Gasteiger partial charge in [-0.2, -0.15) is 0 Å². The predicted molar refractivity (Wildman–Crippen MR) is 68.7 cm³/mol. The molecule has 4 nitrogen and oxygen atoms in total. The smallest absolute Gasteiger partial charge is 0.327 e. The van der Waals surface area contributed by atoms with E-state index in [0.717, 1.165) is 10.0 Å². The maximum Gasteiger partial charge on any atom is 0.327 e. The Labute approximate surface area is 108 Å². The summed E-state index contributed by atoms with van der Waals surface area (Å²) in [6, 6.07) is 7.56. The quantitative estimate of drug-likeness (QED) is 0.925. The minimum atomic E-state index is -0.189. The van der Waals surface area contributed by atoms with Gasteiger partial charge in [0.2, 0.25) is 0 Å². The Morgan fingerprint density at radius 2 is 2.24 bits per heavy atom. The first-order chi connectivity index (χ1) is 8.18. The van der Waals surface area contributed by atoms with Gasteiger partial charge in [0.1, 0.15) is 6.33 Å². The average molecular weight is 294 g/mol. The zero-order valence-corrected chi connectivity index (χ0v) is 10.9. The summed E-state index contributed by atoms with van der Waals surface area (Å²) in [5.74, 6) is 0. The highest BCUT2D eigenvalue weighted by molar-refractivity contribution is 9.10. The van der Waals surface area contributed by atoms with E-state index < -0.39 is 0 Å². The van der Waals surface area contributed by atoms with Gasteiger partial charge in [-0.25, -0.2) is 9.78 Å². The molecular weight excluding hydrogens is 282 g/mol. The van der Waals surface area contributed by atoms with Crippen LogP contribution in [-0.2, 0) is 0 Å². The van der Waals surface area contributed by atoms with Gasteiger partial charge in [0.15, 0.2) is 0 Å². The highest BCUT2D eigenvalue weighted by Gasteiger charge is 2.12. The highest BCUT2D eigenvalue weighted by atomic mass is 79.9. The first-order valence-corrected chi connectivity index (χ1v) is 6.01. The Morgan fingerprint density at radius 1 is 1.47 bits per heavy atom. The number of aromatic nitrogens is 2. The first-order valence-electron chi connectivity index (χ1n) is 5.21. The lowest BCUT2D eigenvalue weighted by molar-refractivity contribution is 0.239. The highest BCUT2D eigenvalue weighted by Crippen LogP contribution is 2.22. The summed E-state index contributed by atoms with van der Waals surface area (Å²) < 4.78 is 2.39. The molecule has 88 valence electrons. The van der Waals surface area contributed by atoms with Crippen LogP contribution in [0, 0.1) is 0 Å². The van der Waals surface area contributed by atoms with Crippen LogP contribution >= 0.6 is 15.9 Å². The molecule has 0 aliphatic heterocycles. The Bertz CT molecular complexity index is 510. The lowest BCUT2D eigenvalue weighted by Gasteiger charge is -2.15. The van der Waals surface area contributed by atoms with Crippen molar-refractivity contribution in [2.24, 2.45) is 0 Å². The summed E-state index contributed by atoms with van der Waals surface area (Å²) in [6.45, 7) is 1.94. The van der Waals surface area contributed by atoms with Crippen molar-refractivity contribution >= 4 is 22.0 Å². The second kappa shape index (κ2) is 5.14. The van der Waals surface area contributed by atoms with Crippen LogP contribution in [0.15, 0.2) is 47.5 Å². The molecule has 0 unspecified atom stereocenters. The molecule has 0 radical (unpaired) electrons. The zero-order chi connectivity index (χ0) is 12.3. The van der Waals surface area contributed by atoms with E-state index in [9.17, 15) is 4.79 Å². The van der Waals surface area contributed by atoms with Crippen molar-refractivity contribution in [3.63, 3.8) is 0 Å². The number of imidazole rings is 1. The van der Waals surface area contributed by atoms with Gasteiger partial charge in [0.25, 0.3) is 0 Å². The van der Waals surface area contributed by atoms with Crippen molar-refractivity contribution in [3.05, 3.63) is 53.0 Å². The molecule has 1 aromatic heterocycles. The zero-order valence-electron chi connectivity index (χ0n) is 9.30. The van der Waals surface area contributed by atoms with Crippen LogP contribution in [0.5, 0.6) is 0 Å². The summed E-state index contributed by atoms with van der Waals surface area (Å²) in [4.78, 5) is 15.6. The van der Waals surface area contributed by atoms with Crippen molar-refractivity contribution in [2.45, 2.75) is 13.0 Å². The van der Waals surface area contributed by atoms with E-state index in [1.54, 1.807) is 12.4 Å². The molecule has 0 aliphatic rings. The molecule has 2 rings (SSSR count). The number of carbonyl (C=O) groups is 1. The second-order valence-corrected chi connectivity index (χ2v) is 4.52. The van der Waals surface area contributed by atoms with Gasteiger partial charge >= 0.3 is 6.03 Å². The van der Waals surface area contributed by atoms with E-state index in [4.69, 9.17) is 0 Å². The number of carbonyl (C=O) groups excluding carboxylic acids is 1. The number of amides is 1. The van der Waals surface area contributed by atoms with E-state index in [1.165, 1.54) is 10.9 Å². The number of hydrogen-bond acceptors (Lipinski definition) is 2. The van der Waals surface area contributed by atoms with Crippen molar-refractivity contribution in [1.82, 2.24) is 14.9 Å². The number of halogens is 1. The van der Waals surface area contributed by atoms with Gasteiger partial charge in [0.05, 0.1) is 6.04 Å². The predicted octanol–water partition coefficient (Wildman–Crippen LogP) is 2.96. The van der Waals surface area contributed by atoms with Crippen LogP contribution in [-0.4, -0.2) is 15.6 Å². The molecule has 1 aromatic carbocycles. The third-order valence-corrected chi connectivity index (χ3v) is 3.17. The monoisotopic (exact) mass is 293 g/mol. The number of benzene rings is 1. The summed E-state index contributed by atoms with van der Waals surface area (Å²) >= 11 is 3.47. The van der Waals surface area contributed by atoms with Crippen LogP contribution < -0.4 is 5.32 Å². The minimum absolute atomic E-state index is 0.0690. The third-order valence-electron chi connectivity index (χ3n) is 2.45. The molecule has 0 aliphatic carbocycles. The number of nitrogens with one attached hydrogen (secondary N) is 1. The van der Waals surface area contributed by atoms with Crippen LogP contribution in [0.3, 0.4) is 0 Å². The van der Waals surface area contributed by atoms with Gasteiger partial charge in [0, 0.05) is 16.9 Å². The average Bonchev–Trinajstić information content (AvgIpc) is 2.82. The first kappa shape index (κ1) is 11.9. The van der Waals surface area contributed by atoms with E-state index >= 15 is 0 Å². The fourth-order valence-electron chi connectivity index (χ4n) is 1.54. The van der Waals surface area contributed by atoms with E-state index in [-0.39, 0.29) is 12.1 Å². The minimum Gasteiger partial charge on any atom is -0.331 e. The van der Waals surface area contributed by atoms with Gasteiger partial charge in [-0.15, -0.1) is 0 Å². The molecule has 0 saturated carbocycles. The molecule has 0 fully saturated rings. The Balaban J connectivity index is 2.10. The molecule has 1 atom stereocenters. The normalized spacial score (nSPS) is 12.1. The summed E-state index contributed by atoms with van der Waals surface area (Å²) in [5.41, 5.74) is 1.04. The standard InChI is InChI=1S/C12H12BrN3O/c1-9(10-4-2-3-5-11(10)13)15-12(17)16-7-6-14-8-16/h2-9H,1H3,(H,15,17)/t9-/m1/s1. The fourth-order valence-corrected chi connectivity index (χ4v) is 2.17. The largest absolute Gasteiger partial charge is 0.331 e. The molecular formula is C12H12BrN3O. The number of rotatable bonds is 2. The Kier molecular flexibility index (Phi) is 3.58. The maximum absolute atomic E-state index is 11.8. The summed E-state index contributed by atoms with van der Waals surface area (Å²) in [7, 11) is 0. The molecule has 0 bridgehead atoms. The van der Waals surface area contributed by atoms with Crippen LogP contribution in [0.4, 0.5) is 4.79 Å². The molecule has 0 spiro atoms. The van der Waals surface area contributed by atoms with Gasteiger partial charge in [-0.1, -0.05) is 34.1 Å². The molecule has 5 heteroatoms. The van der Waals surface area contributed by atoms with Crippen LogP contribution in [0.1, 0.15) is 18.5 Å². The van der Waals surface area contributed by atoms with E-state index in [1.807, 2.05) is 31.2 Å². The molecule has 2 aromatic rings. The number of hydrogen-bond donors (Lipinski definition) is 1. The van der Waals surface area contributed by atoms with Crippen LogP contribution in [0.2, 0.25) is 0 Å². The molecule has 1 heterocycles. The maximum atomic E-state index is 11.8. The van der Waals surface area contributed by atoms with E-state index in [0.29, 0.717) is 0 Å². The van der Waals surface area contributed by atoms with Crippen molar-refractivity contribution in [2.75, 3.05) is 0 Å². The third kappa shape index (κ3) is 2.74. The van der Waals surface area contributed by atoms with E-state index in [2.05, 4.69) is 26.2 Å². The SMILES string of the molecule is C[C@@H](NC(=O)n1ccnc1)c1ccccc1Br. The molecule has 17 heavy (non-hydrogen) atoms. The lowest BCUT2D eigenvalue weighted by atomic mass is 10.1. The van der Waals surface area contributed by atoms with Crippen LogP contribution in [0.25, 0.3) is 0 Å².